The van der Waals surface area contributed by atoms with Crippen LogP contribution >= 0.6 is 0 Å². The summed E-state index contributed by atoms with van der Waals surface area (Å²) in [6, 6.07) is 0. The second kappa shape index (κ2) is 7.78. The Hall–Kier alpha value is -0.460. The number of hydrogen-bond acceptors (Lipinski definition) is 1. The lowest BCUT2D eigenvalue weighted by Gasteiger charge is -2.18. The van der Waals surface area contributed by atoms with E-state index < -0.39 is 0 Å². The van der Waals surface area contributed by atoms with E-state index in [0.29, 0.717) is 0 Å². The minimum absolute atomic E-state index is 1.01. The standard InChI is InChI=1S/C10H17N.2C2H6/c1-8(2)11-6-9-4-3-5-10(9)7-11;2*1-2/h9-10H,1,3-7H2,2H3;2*1-2H3/t9-,10+;;. The highest BCUT2D eigenvalue weighted by Crippen LogP contribution is 2.38. The van der Waals surface area contributed by atoms with Crippen LogP contribution in [0.2, 0.25) is 0 Å². The van der Waals surface area contributed by atoms with Crippen LogP contribution in [-0.4, -0.2) is 18.0 Å². The molecule has 2 fully saturated rings. The van der Waals surface area contributed by atoms with Crippen LogP contribution in [-0.2, 0) is 0 Å². The van der Waals surface area contributed by atoms with Gasteiger partial charge >= 0.3 is 0 Å². The zero-order valence-electron chi connectivity index (χ0n) is 11.3. The summed E-state index contributed by atoms with van der Waals surface area (Å²) in [6.45, 7) is 16.7. The maximum absolute atomic E-state index is 3.99. The first-order chi connectivity index (χ1) is 7.27. The molecular weight excluding hydrogens is 182 g/mol. The van der Waals surface area contributed by atoms with Crippen molar-refractivity contribution < 1.29 is 0 Å². The summed E-state index contributed by atoms with van der Waals surface area (Å²) in [5, 5.41) is 0. The molecule has 0 spiro atoms. The summed E-state index contributed by atoms with van der Waals surface area (Å²) in [6.07, 6.45) is 4.41. The molecule has 1 nitrogen and oxygen atoms in total. The van der Waals surface area contributed by atoms with Gasteiger partial charge in [0.1, 0.15) is 0 Å². The van der Waals surface area contributed by atoms with Crippen molar-refractivity contribution in [2.45, 2.75) is 53.9 Å². The number of fused-ring (bicyclic) bond motifs is 1. The second-order valence-corrected chi connectivity index (χ2v) is 4.09. The van der Waals surface area contributed by atoms with Crippen molar-refractivity contribution in [3.63, 3.8) is 0 Å². The molecular formula is C14H29N. The van der Waals surface area contributed by atoms with Crippen molar-refractivity contribution in [2.75, 3.05) is 13.1 Å². The van der Waals surface area contributed by atoms with Crippen LogP contribution < -0.4 is 0 Å². The Morgan fingerprint density at radius 3 is 1.73 bits per heavy atom. The fourth-order valence-corrected chi connectivity index (χ4v) is 2.55. The molecule has 1 saturated carbocycles. The summed E-state index contributed by atoms with van der Waals surface area (Å²) in [4.78, 5) is 2.45. The van der Waals surface area contributed by atoms with Gasteiger partial charge in [-0.25, -0.2) is 0 Å². The van der Waals surface area contributed by atoms with E-state index in [1.807, 2.05) is 27.7 Å². The van der Waals surface area contributed by atoms with Gasteiger partial charge in [-0.05, 0) is 31.6 Å². The van der Waals surface area contributed by atoms with Gasteiger partial charge in [0.25, 0.3) is 0 Å². The summed E-state index contributed by atoms with van der Waals surface area (Å²) >= 11 is 0. The molecule has 1 heteroatoms. The van der Waals surface area contributed by atoms with Crippen LogP contribution in [0.15, 0.2) is 12.3 Å². The maximum atomic E-state index is 3.99. The second-order valence-electron chi connectivity index (χ2n) is 4.09. The number of rotatable bonds is 1. The van der Waals surface area contributed by atoms with E-state index in [2.05, 4.69) is 18.4 Å². The third-order valence-electron chi connectivity index (χ3n) is 3.27. The van der Waals surface area contributed by atoms with E-state index in [0.717, 1.165) is 11.8 Å². The van der Waals surface area contributed by atoms with Crippen LogP contribution in [0.5, 0.6) is 0 Å². The normalized spacial score (nSPS) is 27.1. The highest BCUT2D eigenvalue weighted by atomic mass is 15.2. The van der Waals surface area contributed by atoms with Crippen molar-refractivity contribution in [3.05, 3.63) is 12.3 Å². The SMILES string of the molecule is C=C(C)N1C[C@H]2CCC[C@H]2C1.CC.CC. The summed E-state index contributed by atoms with van der Waals surface area (Å²) in [5.41, 5.74) is 1.26. The molecule has 0 amide bonds. The van der Waals surface area contributed by atoms with Gasteiger partial charge in [-0.3, -0.25) is 0 Å². The summed E-state index contributed by atoms with van der Waals surface area (Å²) in [5.74, 6) is 2.01. The van der Waals surface area contributed by atoms with Crippen LogP contribution in [0.1, 0.15) is 53.9 Å². The van der Waals surface area contributed by atoms with Gasteiger partial charge in [-0.2, -0.15) is 0 Å². The Kier molecular flexibility index (Phi) is 7.54. The molecule has 90 valence electrons. The molecule has 2 atom stereocenters. The van der Waals surface area contributed by atoms with E-state index >= 15 is 0 Å². The molecule has 0 aromatic carbocycles. The Morgan fingerprint density at radius 1 is 1.00 bits per heavy atom. The first kappa shape index (κ1) is 14.5. The van der Waals surface area contributed by atoms with Crippen molar-refractivity contribution in [1.29, 1.82) is 0 Å². The highest BCUT2D eigenvalue weighted by Gasteiger charge is 2.35. The topological polar surface area (TPSA) is 3.24 Å². The van der Waals surface area contributed by atoms with Crippen molar-refractivity contribution in [1.82, 2.24) is 4.90 Å². The molecule has 2 aliphatic rings. The molecule has 1 heterocycles. The Balaban J connectivity index is 0.000000442. The van der Waals surface area contributed by atoms with Gasteiger partial charge in [-0.15, -0.1) is 0 Å². The average molecular weight is 211 g/mol. The van der Waals surface area contributed by atoms with E-state index in [1.54, 1.807) is 0 Å². The van der Waals surface area contributed by atoms with E-state index in [-0.39, 0.29) is 0 Å². The van der Waals surface area contributed by atoms with Crippen LogP contribution in [0.25, 0.3) is 0 Å². The molecule has 0 bridgehead atoms. The Morgan fingerprint density at radius 2 is 1.40 bits per heavy atom. The molecule has 0 aromatic rings. The predicted octanol–water partition coefficient (Wildman–Crippen LogP) is 4.30. The fourth-order valence-electron chi connectivity index (χ4n) is 2.55. The lowest BCUT2D eigenvalue weighted by atomic mass is 10.0. The molecule has 0 unspecified atom stereocenters. The monoisotopic (exact) mass is 211 g/mol. The predicted molar refractivity (Wildman–Crippen MR) is 69.9 cm³/mol. The summed E-state index contributed by atoms with van der Waals surface area (Å²) in [7, 11) is 0. The number of nitrogens with zero attached hydrogens (tertiary/aromatic N) is 1. The first-order valence-corrected chi connectivity index (χ1v) is 6.68. The van der Waals surface area contributed by atoms with E-state index in [1.165, 1.54) is 38.0 Å². The fraction of sp³-hybridized carbons (Fsp3) is 0.857. The van der Waals surface area contributed by atoms with Gasteiger partial charge in [0, 0.05) is 18.8 Å². The quantitative estimate of drug-likeness (QED) is 0.625. The molecule has 1 saturated heterocycles. The summed E-state index contributed by atoms with van der Waals surface area (Å²) < 4.78 is 0. The minimum Gasteiger partial charge on any atom is -0.375 e. The lowest BCUT2D eigenvalue weighted by Crippen LogP contribution is -2.18. The molecule has 0 radical (unpaired) electrons. The van der Waals surface area contributed by atoms with Crippen LogP contribution in [0.3, 0.4) is 0 Å². The molecule has 0 N–H and O–H groups in total. The number of allylic oxidation sites excluding steroid dienone is 1. The number of hydrogen-bond donors (Lipinski definition) is 0. The van der Waals surface area contributed by atoms with Crippen molar-refractivity contribution in [2.24, 2.45) is 11.8 Å². The lowest BCUT2D eigenvalue weighted by molar-refractivity contribution is 0.390. The van der Waals surface area contributed by atoms with Gasteiger partial charge in [0.2, 0.25) is 0 Å². The van der Waals surface area contributed by atoms with Gasteiger partial charge in [0.15, 0.2) is 0 Å². The molecule has 1 aliphatic carbocycles. The third kappa shape index (κ3) is 3.89. The van der Waals surface area contributed by atoms with Gasteiger partial charge in [0.05, 0.1) is 0 Å². The molecule has 0 aromatic heterocycles. The van der Waals surface area contributed by atoms with Gasteiger partial charge in [-0.1, -0.05) is 40.7 Å². The van der Waals surface area contributed by atoms with Crippen molar-refractivity contribution >= 4 is 0 Å². The zero-order chi connectivity index (χ0) is 11.8. The Labute approximate surface area is 96.6 Å². The molecule has 1 aliphatic heterocycles. The number of likely N-dealkylation sites (tertiary alicyclic amines) is 1. The Bertz CT molecular complexity index is 162. The minimum atomic E-state index is 1.01. The molecule has 2 rings (SSSR count). The smallest absolute Gasteiger partial charge is 0.0206 e. The average Bonchev–Trinajstić information content (AvgIpc) is 2.83. The molecule has 15 heavy (non-hydrogen) atoms. The first-order valence-electron chi connectivity index (χ1n) is 6.68. The third-order valence-corrected chi connectivity index (χ3v) is 3.27. The van der Waals surface area contributed by atoms with Crippen molar-refractivity contribution in [3.8, 4) is 0 Å². The maximum Gasteiger partial charge on any atom is 0.0206 e. The largest absolute Gasteiger partial charge is 0.375 e. The zero-order valence-corrected chi connectivity index (χ0v) is 11.3. The highest BCUT2D eigenvalue weighted by molar-refractivity contribution is 4.98. The van der Waals surface area contributed by atoms with E-state index in [4.69, 9.17) is 0 Å². The van der Waals surface area contributed by atoms with Crippen LogP contribution in [0, 0.1) is 11.8 Å². The van der Waals surface area contributed by atoms with Gasteiger partial charge < -0.3 is 4.90 Å². The van der Waals surface area contributed by atoms with Crippen LogP contribution in [0.4, 0.5) is 0 Å². The van der Waals surface area contributed by atoms with E-state index in [9.17, 15) is 0 Å².